The van der Waals surface area contributed by atoms with Gasteiger partial charge in [0.1, 0.15) is 0 Å². The van der Waals surface area contributed by atoms with E-state index in [4.69, 9.17) is 4.74 Å². The lowest BCUT2D eigenvalue weighted by Gasteiger charge is -2.50. The number of methoxy groups -OCH3 is 1. The van der Waals surface area contributed by atoms with Crippen molar-refractivity contribution in [1.29, 1.82) is 0 Å². The number of piperidine rings is 1. The fourth-order valence-corrected chi connectivity index (χ4v) is 4.04. The molecule has 2 heteroatoms. The van der Waals surface area contributed by atoms with Crippen molar-refractivity contribution in [3.63, 3.8) is 0 Å². The van der Waals surface area contributed by atoms with Crippen molar-refractivity contribution in [2.75, 3.05) is 20.2 Å². The van der Waals surface area contributed by atoms with E-state index in [-0.39, 0.29) is 0 Å². The Hall–Kier alpha value is -0.0800. The van der Waals surface area contributed by atoms with Gasteiger partial charge in [0.15, 0.2) is 0 Å². The summed E-state index contributed by atoms with van der Waals surface area (Å²) in [5.74, 6) is 1.64. The van der Waals surface area contributed by atoms with Crippen LogP contribution in [-0.4, -0.2) is 26.3 Å². The Morgan fingerprint density at radius 2 is 2.12 bits per heavy atom. The van der Waals surface area contributed by atoms with Gasteiger partial charge in [-0.3, -0.25) is 0 Å². The normalized spacial score (nSPS) is 40.5. The first-order valence-electron chi connectivity index (χ1n) is 6.91. The van der Waals surface area contributed by atoms with Gasteiger partial charge in [0.05, 0.1) is 6.10 Å². The minimum Gasteiger partial charge on any atom is -0.381 e. The topological polar surface area (TPSA) is 21.3 Å². The molecule has 0 bridgehead atoms. The van der Waals surface area contributed by atoms with Crippen LogP contribution in [0.3, 0.4) is 0 Å². The summed E-state index contributed by atoms with van der Waals surface area (Å²) in [4.78, 5) is 0. The van der Waals surface area contributed by atoms with E-state index in [9.17, 15) is 0 Å². The van der Waals surface area contributed by atoms with Gasteiger partial charge in [-0.1, -0.05) is 20.3 Å². The van der Waals surface area contributed by atoms with Crippen LogP contribution >= 0.6 is 0 Å². The lowest BCUT2D eigenvalue weighted by molar-refractivity contribution is -0.0431. The molecule has 1 saturated carbocycles. The summed E-state index contributed by atoms with van der Waals surface area (Å²) < 4.78 is 5.63. The number of hydrogen-bond donors (Lipinski definition) is 1. The molecule has 2 fully saturated rings. The molecular weight excluding hydrogens is 198 g/mol. The second-order valence-corrected chi connectivity index (χ2v) is 6.12. The summed E-state index contributed by atoms with van der Waals surface area (Å²) in [7, 11) is 1.88. The maximum absolute atomic E-state index is 5.63. The standard InChI is InChI=1S/C14H27NO/c1-11(2)13-10-15-8-7-14(13)6-4-5-12(9-14)16-3/h11-13,15H,4-10H2,1-3H3. The van der Waals surface area contributed by atoms with Crippen molar-refractivity contribution < 1.29 is 4.74 Å². The Morgan fingerprint density at radius 3 is 2.81 bits per heavy atom. The first-order valence-corrected chi connectivity index (χ1v) is 6.91. The Morgan fingerprint density at radius 1 is 1.31 bits per heavy atom. The highest BCUT2D eigenvalue weighted by Crippen LogP contribution is 2.49. The quantitative estimate of drug-likeness (QED) is 0.780. The van der Waals surface area contributed by atoms with E-state index in [0.717, 1.165) is 11.8 Å². The van der Waals surface area contributed by atoms with Gasteiger partial charge < -0.3 is 10.1 Å². The predicted octanol–water partition coefficient (Wildman–Crippen LogP) is 2.83. The molecule has 0 aromatic carbocycles. The zero-order valence-corrected chi connectivity index (χ0v) is 11.1. The lowest BCUT2D eigenvalue weighted by Crippen LogP contribution is -2.50. The maximum atomic E-state index is 5.63. The van der Waals surface area contributed by atoms with Crippen LogP contribution in [0.4, 0.5) is 0 Å². The largest absolute Gasteiger partial charge is 0.381 e. The maximum Gasteiger partial charge on any atom is 0.0576 e. The van der Waals surface area contributed by atoms with E-state index in [1.165, 1.54) is 45.2 Å². The van der Waals surface area contributed by atoms with Crippen LogP contribution in [0.2, 0.25) is 0 Å². The first-order chi connectivity index (χ1) is 7.68. The van der Waals surface area contributed by atoms with Crippen LogP contribution in [-0.2, 0) is 4.74 Å². The minimum absolute atomic E-state index is 0.521. The average molecular weight is 225 g/mol. The van der Waals surface area contributed by atoms with E-state index < -0.39 is 0 Å². The number of ether oxygens (including phenoxy) is 1. The van der Waals surface area contributed by atoms with Gasteiger partial charge >= 0.3 is 0 Å². The Balaban J connectivity index is 2.12. The summed E-state index contributed by atoms with van der Waals surface area (Å²) in [6, 6.07) is 0. The molecule has 3 atom stereocenters. The molecule has 1 spiro atoms. The fourth-order valence-electron chi connectivity index (χ4n) is 4.04. The third-order valence-electron chi connectivity index (χ3n) is 4.92. The van der Waals surface area contributed by atoms with Gasteiger partial charge in [0.2, 0.25) is 0 Å². The van der Waals surface area contributed by atoms with Crippen LogP contribution < -0.4 is 5.32 Å². The van der Waals surface area contributed by atoms with E-state index in [1.54, 1.807) is 0 Å². The number of rotatable bonds is 2. The molecule has 0 aromatic rings. The van der Waals surface area contributed by atoms with Crippen molar-refractivity contribution in [2.24, 2.45) is 17.3 Å². The molecule has 1 aliphatic heterocycles. The van der Waals surface area contributed by atoms with E-state index in [2.05, 4.69) is 19.2 Å². The summed E-state index contributed by atoms with van der Waals surface area (Å²) in [6.45, 7) is 7.19. The smallest absolute Gasteiger partial charge is 0.0576 e. The molecule has 2 rings (SSSR count). The Labute approximate surface area is 100 Å². The molecule has 16 heavy (non-hydrogen) atoms. The summed E-state index contributed by atoms with van der Waals surface area (Å²) in [6.07, 6.45) is 7.24. The van der Waals surface area contributed by atoms with Gasteiger partial charge in [0, 0.05) is 7.11 Å². The number of hydrogen-bond acceptors (Lipinski definition) is 2. The fraction of sp³-hybridized carbons (Fsp3) is 1.00. The highest BCUT2D eigenvalue weighted by atomic mass is 16.5. The van der Waals surface area contributed by atoms with Gasteiger partial charge in [-0.25, -0.2) is 0 Å². The molecule has 94 valence electrons. The summed E-state index contributed by atoms with van der Waals surface area (Å²) in [5, 5.41) is 3.58. The molecule has 2 aliphatic rings. The van der Waals surface area contributed by atoms with Crippen LogP contribution in [0, 0.1) is 17.3 Å². The summed E-state index contributed by atoms with van der Waals surface area (Å²) >= 11 is 0. The van der Waals surface area contributed by atoms with E-state index in [0.29, 0.717) is 11.5 Å². The molecule has 3 unspecified atom stereocenters. The zero-order chi connectivity index (χ0) is 11.6. The van der Waals surface area contributed by atoms with Crippen LogP contribution in [0.1, 0.15) is 46.0 Å². The molecule has 0 amide bonds. The lowest BCUT2D eigenvalue weighted by atomic mass is 9.59. The highest BCUT2D eigenvalue weighted by Gasteiger charge is 2.44. The molecule has 0 radical (unpaired) electrons. The molecule has 1 aliphatic carbocycles. The molecule has 1 N–H and O–H groups in total. The highest BCUT2D eigenvalue weighted by molar-refractivity contribution is 4.96. The molecule has 1 heterocycles. The summed E-state index contributed by atoms with van der Waals surface area (Å²) in [5.41, 5.74) is 0.582. The minimum atomic E-state index is 0.521. The van der Waals surface area contributed by atoms with Gasteiger partial charge in [0.25, 0.3) is 0 Å². The first kappa shape index (κ1) is 12.4. The molecular formula is C14H27NO. The second kappa shape index (κ2) is 5.05. The molecule has 2 nitrogen and oxygen atoms in total. The third kappa shape index (κ3) is 2.28. The second-order valence-electron chi connectivity index (χ2n) is 6.12. The predicted molar refractivity (Wildman–Crippen MR) is 67.5 cm³/mol. The van der Waals surface area contributed by atoms with Crippen LogP contribution in [0.25, 0.3) is 0 Å². The van der Waals surface area contributed by atoms with Crippen molar-refractivity contribution >= 4 is 0 Å². The molecule has 1 saturated heterocycles. The van der Waals surface area contributed by atoms with Crippen molar-refractivity contribution in [3.05, 3.63) is 0 Å². The van der Waals surface area contributed by atoms with E-state index in [1.807, 2.05) is 7.11 Å². The van der Waals surface area contributed by atoms with Gasteiger partial charge in [-0.2, -0.15) is 0 Å². The van der Waals surface area contributed by atoms with Crippen LogP contribution in [0.5, 0.6) is 0 Å². The zero-order valence-electron chi connectivity index (χ0n) is 11.1. The van der Waals surface area contributed by atoms with Crippen molar-refractivity contribution in [1.82, 2.24) is 5.32 Å². The number of nitrogens with one attached hydrogen (secondary N) is 1. The molecule has 0 aromatic heterocycles. The van der Waals surface area contributed by atoms with Gasteiger partial charge in [-0.05, 0) is 56.0 Å². The van der Waals surface area contributed by atoms with Crippen LogP contribution in [0.15, 0.2) is 0 Å². The van der Waals surface area contributed by atoms with E-state index >= 15 is 0 Å². The Bertz CT molecular complexity index is 225. The van der Waals surface area contributed by atoms with Gasteiger partial charge in [-0.15, -0.1) is 0 Å². The average Bonchev–Trinajstić information content (AvgIpc) is 2.29. The van der Waals surface area contributed by atoms with Crippen molar-refractivity contribution in [3.8, 4) is 0 Å². The Kier molecular flexibility index (Phi) is 3.91. The monoisotopic (exact) mass is 225 g/mol. The SMILES string of the molecule is COC1CCCC2(CCNCC2C(C)C)C1. The van der Waals surface area contributed by atoms with Crippen molar-refractivity contribution in [2.45, 2.75) is 52.1 Å². The third-order valence-corrected chi connectivity index (χ3v) is 4.92.